The van der Waals surface area contributed by atoms with Gasteiger partial charge in [-0.2, -0.15) is 0 Å². The SMILES string of the molecule is COc1cccc([C@H](C)N[C@H](C)C(=O)N2CC[C@@](C)(O)C2)c1. The summed E-state index contributed by atoms with van der Waals surface area (Å²) in [6, 6.07) is 7.56. The zero-order valence-corrected chi connectivity index (χ0v) is 13.8. The van der Waals surface area contributed by atoms with Crippen LogP contribution < -0.4 is 10.1 Å². The zero-order chi connectivity index (χ0) is 16.3. The molecule has 1 amide bonds. The van der Waals surface area contributed by atoms with Gasteiger partial charge in [0.05, 0.1) is 18.8 Å². The number of hydrogen-bond acceptors (Lipinski definition) is 4. The number of likely N-dealkylation sites (tertiary alicyclic amines) is 1. The van der Waals surface area contributed by atoms with Crippen molar-refractivity contribution in [1.29, 1.82) is 0 Å². The molecule has 0 aliphatic carbocycles. The first-order chi connectivity index (χ1) is 10.3. The predicted molar refractivity (Wildman–Crippen MR) is 85.8 cm³/mol. The largest absolute Gasteiger partial charge is 0.497 e. The van der Waals surface area contributed by atoms with Crippen molar-refractivity contribution in [3.63, 3.8) is 0 Å². The molecule has 5 heteroatoms. The second kappa shape index (κ2) is 6.67. The fourth-order valence-corrected chi connectivity index (χ4v) is 2.86. The Bertz CT molecular complexity index is 530. The summed E-state index contributed by atoms with van der Waals surface area (Å²) in [4.78, 5) is 14.2. The third-order valence-corrected chi connectivity index (χ3v) is 4.23. The number of rotatable bonds is 5. The van der Waals surface area contributed by atoms with Crippen LogP contribution in [0.4, 0.5) is 0 Å². The van der Waals surface area contributed by atoms with Gasteiger partial charge in [0.2, 0.25) is 5.91 Å². The van der Waals surface area contributed by atoms with Gasteiger partial charge in [-0.15, -0.1) is 0 Å². The highest BCUT2D eigenvalue weighted by Crippen LogP contribution is 2.22. The second-order valence-electron chi connectivity index (χ2n) is 6.39. The van der Waals surface area contributed by atoms with Crippen molar-refractivity contribution in [2.24, 2.45) is 0 Å². The Balaban J connectivity index is 1.96. The van der Waals surface area contributed by atoms with Gasteiger partial charge in [-0.05, 0) is 44.9 Å². The highest BCUT2D eigenvalue weighted by molar-refractivity contribution is 5.82. The average molecular weight is 306 g/mol. The van der Waals surface area contributed by atoms with E-state index in [0.29, 0.717) is 19.5 Å². The third-order valence-electron chi connectivity index (χ3n) is 4.23. The lowest BCUT2D eigenvalue weighted by Gasteiger charge is -2.25. The molecule has 0 spiro atoms. The van der Waals surface area contributed by atoms with Crippen LogP contribution in [-0.4, -0.2) is 47.8 Å². The normalized spacial score (nSPS) is 24.1. The van der Waals surface area contributed by atoms with E-state index in [0.717, 1.165) is 11.3 Å². The Labute approximate surface area is 132 Å². The molecule has 0 saturated carbocycles. The van der Waals surface area contributed by atoms with Gasteiger partial charge < -0.3 is 14.7 Å². The molecule has 2 N–H and O–H groups in total. The van der Waals surface area contributed by atoms with Gasteiger partial charge >= 0.3 is 0 Å². The number of carbonyl (C=O) groups excluding carboxylic acids is 1. The van der Waals surface area contributed by atoms with Gasteiger partial charge in [-0.25, -0.2) is 0 Å². The summed E-state index contributed by atoms with van der Waals surface area (Å²) < 4.78 is 5.23. The molecule has 0 aromatic heterocycles. The molecule has 1 saturated heterocycles. The van der Waals surface area contributed by atoms with Gasteiger partial charge in [0.15, 0.2) is 0 Å². The van der Waals surface area contributed by atoms with E-state index >= 15 is 0 Å². The lowest BCUT2D eigenvalue weighted by Crippen LogP contribution is -2.45. The minimum Gasteiger partial charge on any atom is -0.497 e. The van der Waals surface area contributed by atoms with Gasteiger partial charge in [-0.1, -0.05) is 12.1 Å². The molecule has 1 aromatic carbocycles. The second-order valence-corrected chi connectivity index (χ2v) is 6.39. The van der Waals surface area contributed by atoms with Gasteiger partial charge in [0.25, 0.3) is 0 Å². The van der Waals surface area contributed by atoms with Crippen LogP contribution in [0.2, 0.25) is 0 Å². The van der Waals surface area contributed by atoms with E-state index < -0.39 is 5.60 Å². The standard InChI is InChI=1S/C17H26N2O3/c1-12(14-6-5-7-15(10-14)22-4)18-13(2)16(20)19-9-8-17(3,21)11-19/h5-7,10,12-13,18,21H,8-9,11H2,1-4H3/t12-,13+,17+/m0/s1. The maximum Gasteiger partial charge on any atom is 0.239 e. The first kappa shape index (κ1) is 16.8. The summed E-state index contributed by atoms with van der Waals surface area (Å²) >= 11 is 0. The van der Waals surface area contributed by atoms with Crippen LogP contribution in [0, 0.1) is 0 Å². The molecule has 0 radical (unpaired) electrons. The van der Waals surface area contributed by atoms with Crippen molar-refractivity contribution in [1.82, 2.24) is 10.2 Å². The fraction of sp³-hybridized carbons (Fsp3) is 0.588. The number of ether oxygens (including phenoxy) is 1. The van der Waals surface area contributed by atoms with E-state index in [-0.39, 0.29) is 18.0 Å². The van der Waals surface area contributed by atoms with E-state index in [4.69, 9.17) is 4.74 Å². The van der Waals surface area contributed by atoms with Gasteiger partial charge in [0, 0.05) is 19.1 Å². The van der Waals surface area contributed by atoms with Crippen LogP contribution in [0.25, 0.3) is 0 Å². The van der Waals surface area contributed by atoms with Crippen molar-refractivity contribution in [3.05, 3.63) is 29.8 Å². The summed E-state index contributed by atoms with van der Waals surface area (Å²) in [6.07, 6.45) is 0.636. The number of β-amino-alcohol motifs (C(OH)–C–C–N with tert-alkyl or cyclic N) is 1. The molecule has 0 bridgehead atoms. The lowest BCUT2D eigenvalue weighted by molar-refractivity contribution is -0.133. The van der Waals surface area contributed by atoms with Crippen molar-refractivity contribution >= 4 is 5.91 Å². The van der Waals surface area contributed by atoms with Gasteiger partial charge in [0.1, 0.15) is 5.75 Å². The van der Waals surface area contributed by atoms with Crippen molar-refractivity contribution in [2.75, 3.05) is 20.2 Å². The number of hydrogen-bond donors (Lipinski definition) is 2. The fourth-order valence-electron chi connectivity index (χ4n) is 2.86. The van der Waals surface area contributed by atoms with Gasteiger partial charge in [-0.3, -0.25) is 10.1 Å². The number of benzene rings is 1. The topological polar surface area (TPSA) is 61.8 Å². The first-order valence-electron chi connectivity index (χ1n) is 7.73. The third kappa shape index (κ3) is 3.99. The highest BCUT2D eigenvalue weighted by atomic mass is 16.5. The van der Waals surface area contributed by atoms with E-state index in [9.17, 15) is 9.90 Å². The number of amides is 1. The molecule has 1 heterocycles. The van der Waals surface area contributed by atoms with E-state index in [1.54, 1.807) is 18.9 Å². The highest BCUT2D eigenvalue weighted by Gasteiger charge is 2.35. The number of aliphatic hydroxyl groups is 1. The quantitative estimate of drug-likeness (QED) is 0.869. The molecular weight excluding hydrogens is 280 g/mol. The van der Waals surface area contributed by atoms with Crippen LogP contribution >= 0.6 is 0 Å². The Morgan fingerprint density at radius 1 is 1.45 bits per heavy atom. The Kier molecular flexibility index (Phi) is 5.08. The molecule has 0 unspecified atom stereocenters. The molecular formula is C17H26N2O3. The maximum absolute atomic E-state index is 12.5. The predicted octanol–water partition coefficient (Wildman–Crippen LogP) is 1.72. The van der Waals surface area contributed by atoms with Crippen LogP contribution in [-0.2, 0) is 4.79 Å². The number of nitrogens with zero attached hydrogens (tertiary/aromatic N) is 1. The summed E-state index contributed by atoms with van der Waals surface area (Å²) in [5.41, 5.74) is 0.320. The average Bonchev–Trinajstić information content (AvgIpc) is 2.86. The summed E-state index contributed by atoms with van der Waals surface area (Å²) in [5, 5.41) is 13.3. The first-order valence-corrected chi connectivity index (χ1v) is 7.73. The minimum absolute atomic E-state index is 0.0347. The monoisotopic (exact) mass is 306 g/mol. The van der Waals surface area contributed by atoms with E-state index in [1.165, 1.54) is 0 Å². The summed E-state index contributed by atoms with van der Waals surface area (Å²) in [7, 11) is 1.64. The Morgan fingerprint density at radius 2 is 2.18 bits per heavy atom. The van der Waals surface area contributed by atoms with Crippen LogP contribution in [0.5, 0.6) is 5.75 Å². The Morgan fingerprint density at radius 3 is 2.77 bits per heavy atom. The summed E-state index contributed by atoms with van der Waals surface area (Å²) in [5.74, 6) is 0.841. The summed E-state index contributed by atoms with van der Waals surface area (Å²) in [6.45, 7) is 6.69. The molecule has 1 aliphatic rings. The molecule has 1 aliphatic heterocycles. The molecule has 122 valence electrons. The molecule has 1 fully saturated rings. The van der Waals surface area contributed by atoms with E-state index in [1.807, 2.05) is 38.1 Å². The molecule has 5 nitrogen and oxygen atoms in total. The number of carbonyl (C=O) groups is 1. The molecule has 22 heavy (non-hydrogen) atoms. The van der Waals surface area contributed by atoms with Crippen molar-refractivity contribution in [3.8, 4) is 5.75 Å². The zero-order valence-electron chi connectivity index (χ0n) is 13.8. The smallest absolute Gasteiger partial charge is 0.239 e. The number of methoxy groups -OCH3 is 1. The van der Waals surface area contributed by atoms with Crippen molar-refractivity contribution in [2.45, 2.75) is 44.9 Å². The number of nitrogens with one attached hydrogen (secondary N) is 1. The molecule has 3 atom stereocenters. The molecule has 2 rings (SSSR count). The lowest BCUT2D eigenvalue weighted by atomic mass is 10.1. The minimum atomic E-state index is -0.756. The van der Waals surface area contributed by atoms with E-state index in [2.05, 4.69) is 5.32 Å². The maximum atomic E-state index is 12.5. The van der Waals surface area contributed by atoms with Crippen LogP contribution in [0.3, 0.4) is 0 Å². The molecule has 1 aromatic rings. The van der Waals surface area contributed by atoms with Crippen LogP contribution in [0.15, 0.2) is 24.3 Å². The van der Waals surface area contributed by atoms with Crippen molar-refractivity contribution < 1.29 is 14.6 Å². The van der Waals surface area contributed by atoms with Crippen LogP contribution in [0.1, 0.15) is 38.8 Å². The Hall–Kier alpha value is -1.59.